The first kappa shape index (κ1) is 14.9. The molecule has 0 aromatic heterocycles. The third-order valence-corrected chi connectivity index (χ3v) is 4.32. The van der Waals surface area contributed by atoms with E-state index in [1.807, 2.05) is 0 Å². The second kappa shape index (κ2) is 6.82. The normalized spacial score (nSPS) is 16.5. The summed E-state index contributed by atoms with van der Waals surface area (Å²) in [6.07, 6.45) is 1.63. The van der Waals surface area contributed by atoms with Crippen molar-refractivity contribution in [2.45, 2.75) is 24.3 Å². The number of piperidine rings is 1. The highest BCUT2D eigenvalue weighted by atomic mass is 79.9. The summed E-state index contributed by atoms with van der Waals surface area (Å²) in [4.78, 5) is 14.1. The van der Waals surface area contributed by atoms with Gasteiger partial charge in [0, 0.05) is 28.0 Å². The molecule has 1 aromatic carbocycles. The lowest BCUT2D eigenvalue weighted by Gasteiger charge is -2.28. The van der Waals surface area contributed by atoms with Crippen LogP contribution in [-0.4, -0.2) is 28.9 Å². The zero-order chi connectivity index (χ0) is 13.8. The summed E-state index contributed by atoms with van der Waals surface area (Å²) >= 11 is 15.3. The average molecular weight is 367 g/mol. The van der Waals surface area contributed by atoms with Gasteiger partial charge < -0.3 is 9.64 Å². The fourth-order valence-electron chi connectivity index (χ4n) is 1.96. The number of likely N-dealkylation sites (tertiary alicyclic amines) is 1. The number of carbonyl (C=O) groups excluding carboxylic acids is 1. The monoisotopic (exact) mass is 365 g/mol. The molecule has 2 rings (SSSR count). The first-order chi connectivity index (χ1) is 9.04. The van der Waals surface area contributed by atoms with Crippen molar-refractivity contribution in [1.82, 2.24) is 4.90 Å². The predicted octanol–water partition coefficient (Wildman–Crippen LogP) is 4.49. The van der Waals surface area contributed by atoms with Crippen LogP contribution in [0.4, 0.5) is 4.79 Å². The van der Waals surface area contributed by atoms with Gasteiger partial charge in [-0.3, -0.25) is 0 Å². The van der Waals surface area contributed by atoms with E-state index in [4.69, 9.17) is 27.9 Å². The number of rotatable bonds is 2. The molecule has 1 aliphatic rings. The van der Waals surface area contributed by atoms with Crippen LogP contribution in [0.25, 0.3) is 0 Å². The molecule has 0 saturated carbocycles. The average Bonchev–Trinajstić information content (AvgIpc) is 2.36. The number of benzene rings is 1. The number of amides is 1. The molecule has 0 aliphatic carbocycles. The molecule has 1 amide bonds. The maximum absolute atomic E-state index is 11.9. The Hall–Kier alpha value is -0.450. The molecule has 0 atom stereocenters. The van der Waals surface area contributed by atoms with Crippen molar-refractivity contribution in [3.8, 4) is 0 Å². The van der Waals surface area contributed by atoms with Gasteiger partial charge in [0.15, 0.2) is 0 Å². The van der Waals surface area contributed by atoms with Gasteiger partial charge in [-0.15, -0.1) is 0 Å². The summed E-state index contributed by atoms with van der Waals surface area (Å²) in [5.41, 5.74) is 0.793. The third-order valence-electron chi connectivity index (χ3n) is 2.97. The van der Waals surface area contributed by atoms with Gasteiger partial charge in [0.25, 0.3) is 0 Å². The number of hydrogen-bond acceptors (Lipinski definition) is 2. The van der Waals surface area contributed by atoms with Gasteiger partial charge in [-0.05, 0) is 36.6 Å². The summed E-state index contributed by atoms with van der Waals surface area (Å²) in [5.74, 6) is 0. The van der Waals surface area contributed by atoms with Crippen LogP contribution < -0.4 is 0 Å². The Balaban J connectivity index is 1.86. The summed E-state index contributed by atoms with van der Waals surface area (Å²) in [6.45, 7) is 1.64. The van der Waals surface area contributed by atoms with Gasteiger partial charge in [0.1, 0.15) is 6.61 Å². The van der Waals surface area contributed by atoms with E-state index in [1.165, 1.54) is 0 Å². The Kier molecular flexibility index (Phi) is 5.37. The molecular weight excluding hydrogens is 353 g/mol. The van der Waals surface area contributed by atoms with Crippen molar-refractivity contribution in [2.24, 2.45) is 0 Å². The maximum Gasteiger partial charge on any atom is 0.410 e. The molecule has 3 nitrogen and oxygen atoms in total. The Morgan fingerprint density at radius 2 is 1.84 bits per heavy atom. The van der Waals surface area contributed by atoms with Crippen molar-refractivity contribution in [3.05, 3.63) is 33.8 Å². The first-order valence-electron chi connectivity index (χ1n) is 6.05. The minimum atomic E-state index is -0.282. The van der Waals surface area contributed by atoms with Gasteiger partial charge in [0.2, 0.25) is 0 Å². The maximum atomic E-state index is 11.9. The lowest BCUT2D eigenvalue weighted by molar-refractivity contribution is 0.0903. The summed E-state index contributed by atoms with van der Waals surface area (Å²) in [5, 5.41) is 1.08. The van der Waals surface area contributed by atoms with Crippen LogP contribution in [0.15, 0.2) is 18.2 Å². The Labute approximate surface area is 130 Å². The van der Waals surface area contributed by atoms with Gasteiger partial charge >= 0.3 is 6.09 Å². The molecule has 1 aromatic rings. The highest BCUT2D eigenvalue weighted by Gasteiger charge is 2.22. The van der Waals surface area contributed by atoms with Crippen LogP contribution in [0.5, 0.6) is 0 Å². The largest absolute Gasteiger partial charge is 0.445 e. The van der Waals surface area contributed by atoms with Gasteiger partial charge in [0.05, 0.1) is 0 Å². The van der Waals surface area contributed by atoms with Crippen LogP contribution in [0.3, 0.4) is 0 Å². The standard InChI is InChI=1S/C13H14BrCl2NO2/c14-10-1-3-17(4-2-10)13(18)19-8-9-5-11(15)7-12(16)6-9/h5-7,10H,1-4,8H2. The molecule has 19 heavy (non-hydrogen) atoms. The molecule has 0 radical (unpaired) electrons. The van der Waals surface area contributed by atoms with Crippen molar-refractivity contribution < 1.29 is 9.53 Å². The number of carbonyl (C=O) groups is 1. The SMILES string of the molecule is O=C(OCc1cc(Cl)cc(Cl)c1)N1CCC(Br)CC1. The second-order valence-electron chi connectivity index (χ2n) is 4.49. The topological polar surface area (TPSA) is 29.5 Å². The zero-order valence-electron chi connectivity index (χ0n) is 10.2. The van der Waals surface area contributed by atoms with Crippen LogP contribution in [0.2, 0.25) is 10.0 Å². The molecule has 1 heterocycles. The quantitative estimate of drug-likeness (QED) is 0.721. The van der Waals surface area contributed by atoms with Crippen molar-refractivity contribution in [3.63, 3.8) is 0 Å². The molecule has 1 saturated heterocycles. The fraction of sp³-hybridized carbons (Fsp3) is 0.462. The third kappa shape index (κ3) is 4.55. The van der Waals surface area contributed by atoms with E-state index in [0.717, 1.165) is 31.5 Å². The molecule has 0 N–H and O–H groups in total. The molecule has 0 bridgehead atoms. The summed E-state index contributed by atoms with van der Waals surface area (Å²) in [7, 11) is 0. The Morgan fingerprint density at radius 1 is 1.26 bits per heavy atom. The predicted molar refractivity (Wildman–Crippen MR) is 80.2 cm³/mol. The molecule has 104 valence electrons. The van der Waals surface area contributed by atoms with Gasteiger partial charge in [-0.1, -0.05) is 39.1 Å². The smallest absolute Gasteiger partial charge is 0.410 e. The minimum absolute atomic E-state index is 0.188. The van der Waals surface area contributed by atoms with Crippen LogP contribution >= 0.6 is 39.1 Å². The number of nitrogens with zero attached hydrogens (tertiary/aromatic N) is 1. The van der Waals surface area contributed by atoms with Crippen LogP contribution in [0, 0.1) is 0 Å². The molecule has 6 heteroatoms. The number of halogens is 3. The van der Waals surface area contributed by atoms with E-state index in [2.05, 4.69) is 15.9 Å². The zero-order valence-corrected chi connectivity index (χ0v) is 13.3. The van der Waals surface area contributed by atoms with E-state index >= 15 is 0 Å². The summed E-state index contributed by atoms with van der Waals surface area (Å²) < 4.78 is 5.27. The molecular formula is C13H14BrCl2NO2. The van der Waals surface area contributed by atoms with Crippen LogP contribution in [-0.2, 0) is 11.3 Å². The van der Waals surface area contributed by atoms with Crippen molar-refractivity contribution >= 4 is 45.2 Å². The molecule has 0 spiro atoms. The number of hydrogen-bond donors (Lipinski definition) is 0. The second-order valence-corrected chi connectivity index (χ2v) is 6.66. The first-order valence-corrected chi connectivity index (χ1v) is 7.72. The van der Waals surface area contributed by atoms with Gasteiger partial charge in [-0.25, -0.2) is 4.79 Å². The Bertz CT molecular complexity index is 442. The van der Waals surface area contributed by atoms with E-state index in [9.17, 15) is 4.79 Å². The summed E-state index contributed by atoms with van der Waals surface area (Å²) in [6, 6.07) is 5.13. The van der Waals surface area contributed by atoms with E-state index in [-0.39, 0.29) is 12.7 Å². The van der Waals surface area contributed by atoms with E-state index < -0.39 is 0 Å². The van der Waals surface area contributed by atoms with E-state index in [0.29, 0.717) is 14.9 Å². The highest BCUT2D eigenvalue weighted by molar-refractivity contribution is 9.09. The van der Waals surface area contributed by atoms with Gasteiger partial charge in [-0.2, -0.15) is 0 Å². The number of alkyl halides is 1. The number of ether oxygens (including phenoxy) is 1. The fourth-order valence-corrected chi connectivity index (χ4v) is 2.94. The van der Waals surface area contributed by atoms with Crippen molar-refractivity contribution in [2.75, 3.05) is 13.1 Å². The molecule has 0 unspecified atom stereocenters. The lowest BCUT2D eigenvalue weighted by Crippen LogP contribution is -2.38. The minimum Gasteiger partial charge on any atom is -0.445 e. The van der Waals surface area contributed by atoms with Crippen molar-refractivity contribution in [1.29, 1.82) is 0 Å². The van der Waals surface area contributed by atoms with Crippen LogP contribution in [0.1, 0.15) is 18.4 Å². The highest BCUT2D eigenvalue weighted by Crippen LogP contribution is 2.21. The molecule has 1 aliphatic heterocycles. The molecule has 1 fully saturated rings. The van der Waals surface area contributed by atoms with E-state index in [1.54, 1.807) is 23.1 Å². The Morgan fingerprint density at radius 3 is 2.42 bits per heavy atom. The lowest BCUT2D eigenvalue weighted by atomic mass is 10.1.